The summed E-state index contributed by atoms with van der Waals surface area (Å²) in [4.78, 5) is 0. The van der Waals surface area contributed by atoms with Crippen LogP contribution in [0.3, 0.4) is 0 Å². The largest absolute Gasteiger partial charge is 0.294 e. The van der Waals surface area contributed by atoms with Crippen molar-refractivity contribution in [3.05, 3.63) is 0 Å². The van der Waals surface area contributed by atoms with E-state index in [4.69, 9.17) is 11.8 Å². The van der Waals surface area contributed by atoms with Crippen LogP contribution in [0, 0.1) is 0 Å². The number of rotatable bonds is 1. The SMILES string of the molecule is CC(C)(C)N1[Si](C)(C)N([Si](C)(C)C)P1(C)=S. The van der Waals surface area contributed by atoms with E-state index in [1.807, 2.05) is 0 Å². The Kier molecular flexibility index (Phi) is 3.53. The van der Waals surface area contributed by atoms with E-state index >= 15 is 0 Å². The second kappa shape index (κ2) is 3.75. The van der Waals surface area contributed by atoms with Crippen molar-refractivity contribution in [2.75, 3.05) is 6.66 Å². The average molecular weight is 295 g/mol. The van der Waals surface area contributed by atoms with E-state index in [9.17, 15) is 0 Å². The summed E-state index contributed by atoms with van der Waals surface area (Å²) in [6.07, 6.45) is -1.43. The minimum Gasteiger partial charge on any atom is -0.294 e. The summed E-state index contributed by atoms with van der Waals surface area (Å²) >= 11 is 5.99. The molecule has 1 aliphatic rings. The molecule has 0 aromatic heterocycles. The first-order chi connectivity index (χ1) is 6.73. The Morgan fingerprint density at radius 3 is 1.69 bits per heavy atom. The van der Waals surface area contributed by atoms with E-state index in [0.717, 1.165) is 0 Å². The molecule has 1 rings (SSSR count). The molecule has 16 heavy (non-hydrogen) atoms. The summed E-state index contributed by atoms with van der Waals surface area (Å²) in [7, 11) is -2.71. The van der Waals surface area contributed by atoms with E-state index in [2.05, 4.69) is 68.5 Å². The maximum atomic E-state index is 5.99. The first kappa shape index (κ1) is 15.1. The van der Waals surface area contributed by atoms with Crippen molar-refractivity contribution >= 4 is 34.8 Å². The Morgan fingerprint density at radius 2 is 1.50 bits per heavy atom. The van der Waals surface area contributed by atoms with E-state index in [0.29, 0.717) is 0 Å². The van der Waals surface area contributed by atoms with Crippen LogP contribution in [0.5, 0.6) is 0 Å². The maximum Gasteiger partial charge on any atom is 0.204 e. The van der Waals surface area contributed by atoms with Crippen LogP contribution in [0.15, 0.2) is 0 Å². The van der Waals surface area contributed by atoms with Gasteiger partial charge < -0.3 is 0 Å². The molecular weight excluding hydrogens is 267 g/mol. The van der Waals surface area contributed by atoms with Crippen LogP contribution >= 0.6 is 6.34 Å². The highest BCUT2D eigenvalue weighted by Gasteiger charge is 2.63. The first-order valence-corrected chi connectivity index (χ1v) is 15.4. The molecule has 0 aromatic rings. The lowest BCUT2D eigenvalue weighted by Gasteiger charge is -2.71. The van der Waals surface area contributed by atoms with Gasteiger partial charge in [-0.3, -0.25) is 8.34 Å². The number of nitrogens with zero attached hydrogens (tertiary/aromatic N) is 2. The highest BCUT2D eigenvalue weighted by molar-refractivity contribution is 8.15. The number of hydrogen-bond acceptors (Lipinski definition) is 1. The summed E-state index contributed by atoms with van der Waals surface area (Å²) in [5, 5.41) is 0. The van der Waals surface area contributed by atoms with Crippen molar-refractivity contribution < 1.29 is 0 Å². The summed E-state index contributed by atoms with van der Waals surface area (Å²) in [6, 6.07) is 0. The molecule has 96 valence electrons. The fraction of sp³-hybridized carbons (Fsp3) is 1.00. The molecule has 0 aromatic carbocycles. The Hall–Kier alpha value is 1.00. The predicted molar refractivity (Wildman–Crippen MR) is 84.5 cm³/mol. The van der Waals surface area contributed by atoms with Crippen LogP contribution in [0.2, 0.25) is 32.7 Å². The van der Waals surface area contributed by atoms with Crippen LogP contribution < -0.4 is 0 Å². The van der Waals surface area contributed by atoms with Crippen molar-refractivity contribution in [1.82, 2.24) is 8.34 Å². The fourth-order valence-electron chi connectivity index (χ4n) is 3.80. The fourth-order valence-corrected chi connectivity index (χ4v) is 33.3. The molecule has 0 spiro atoms. The zero-order valence-corrected chi connectivity index (χ0v) is 16.0. The van der Waals surface area contributed by atoms with Gasteiger partial charge in [-0.15, -0.1) is 0 Å². The van der Waals surface area contributed by atoms with Crippen LogP contribution in [0.25, 0.3) is 0 Å². The third-order valence-electron chi connectivity index (χ3n) is 3.05. The minimum absolute atomic E-state index is 0.232. The monoisotopic (exact) mass is 294 g/mol. The standard InChI is InChI=1S/C10H27N2PSSi2/c1-10(2,3)11-13(4,14)12(15(5,6)7)16(11,8)9/h1-9H3. The van der Waals surface area contributed by atoms with Crippen molar-refractivity contribution in [3.63, 3.8) is 0 Å². The Labute approximate surface area is 109 Å². The molecule has 6 heteroatoms. The molecule has 1 fully saturated rings. The maximum absolute atomic E-state index is 5.99. The summed E-state index contributed by atoms with van der Waals surface area (Å²) in [5.74, 6) is 0. The van der Waals surface area contributed by atoms with Crippen molar-refractivity contribution in [3.8, 4) is 0 Å². The second-order valence-electron chi connectivity index (χ2n) is 7.29. The Morgan fingerprint density at radius 1 is 1.12 bits per heavy atom. The van der Waals surface area contributed by atoms with Gasteiger partial charge >= 0.3 is 0 Å². The first-order valence-electron chi connectivity index (χ1n) is 5.92. The Balaban J connectivity index is 3.20. The highest BCUT2D eigenvalue weighted by Crippen LogP contribution is 2.69. The van der Waals surface area contributed by atoms with Gasteiger partial charge in [0.25, 0.3) is 0 Å². The zero-order chi connectivity index (χ0) is 13.2. The molecule has 1 unspecified atom stereocenters. The quantitative estimate of drug-likeness (QED) is 0.535. The van der Waals surface area contributed by atoms with Gasteiger partial charge in [-0.05, 0) is 40.5 Å². The molecule has 0 bridgehead atoms. The van der Waals surface area contributed by atoms with Gasteiger partial charge in [-0.25, -0.2) is 0 Å². The smallest absolute Gasteiger partial charge is 0.204 e. The van der Waals surface area contributed by atoms with Crippen molar-refractivity contribution in [2.24, 2.45) is 0 Å². The lowest BCUT2D eigenvalue weighted by Crippen LogP contribution is -2.79. The van der Waals surface area contributed by atoms with Crippen LogP contribution in [-0.2, 0) is 11.8 Å². The van der Waals surface area contributed by atoms with Gasteiger partial charge in [-0.1, -0.05) is 31.4 Å². The molecule has 1 heterocycles. The van der Waals surface area contributed by atoms with Crippen molar-refractivity contribution in [1.29, 1.82) is 0 Å². The minimum atomic E-state index is -1.44. The summed E-state index contributed by atoms with van der Waals surface area (Å²) in [5.41, 5.74) is 0.232. The van der Waals surface area contributed by atoms with Gasteiger partial charge in [-0.2, -0.15) is 0 Å². The second-order valence-corrected chi connectivity index (χ2v) is 22.1. The molecular formula is C10H27N2PSSi2. The average Bonchev–Trinajstić information content (AvgIpc) is 1.69. The number of hydrogen-bond donors (Lipinski definition) is 0. The van der Waals surface area contributed by atoms with E-state index in [1.165, 1.54) is 0 Å². The van der Waals surface area contributed by atoms with Gasteiger partial charge in [0.1, 0.15) is 8.24 Å². The van der Waals surface area contributed by atoms with Gasteiger partial charge in [0.05, 0.1) is 6.34 Å². The van der Waals surface area contributed by atoms with Crippen molar-refractivity contribution in [2.45, 2.75) is 59.0 Å². The van der Waals surface area contributed by atoms with E-state index in [-0.39, 0.29) is 5.54 Å². The van der Waals surface area contributed by atoms with Crippen LogP contribution in [-0.4, -0.2) is 37.2 Å². The topological polar surface area (TPSA) is 6.48 Å². The predicted octanol–water partition coefficient (Wildman–Crippen LogP) is 3.88. The molecule has 0 N–H and O–H groups in total. The zero-order valence-electron chi connectivity index (χ0n) is 12.2. The lowest BCUT2D eigenvalue weighted by molar-refractivity contribution is 0.326. The van der Waals surface area contributed by atoms with Gasteiger partial charge in [0.15, 0.2) is 0 Å². The third-order valence-corrected chi connectivity index (χ3v) is 23.3. The molecule has 1 saturated heterocycles. The molecule has 2 nitrogen and oxygen atoms in total. The normalized spacial score (nSPS) is 32.6. The Bertz CT molecular complexity index is 316. The molecule has 0 radical (unpaired) electrons. The van der Waals surface area contributed by atoms with E-state index < -0.39 is 23.0 Å². The summed E-state index contributed by atoms with van der Waals surface area (Å²) < 4.78 is 5.52. The molecule has 1 aliphatic heterocycles. The molecule has 1 atom stereocenters. The van der Waals surface area contributed by atoms with Gasteiger partial charge in [0, 0.05) is 5.54 Å². The third kappa shape index (κ3) is 2.15. The van der Waals surface area contributed by atoms with E-state index in [1.54, 1.807) is 0 Å². The summed E-state index contributed by atoms with van der Waals surface area (Å²) in [6.45, 7) is 21.5. The molecule has 0 saturated carbocycles. The highest BCUT2D eigenvalue weighted by atomic mass is 32.4. The molecule has 0 aliphatic carbocycles. The van der Waals surface area contributed by atoms with Gasteiger partial charge in [0.2, 0.25) is 8.40 Å². The van der Waals surface area contributed by atoms with Crippen LogP contribution in [0.4, 0.5) is 0 Å². The van der Waals surface area contributed by atoms with Crippen LogP contribution in [0.1, 0.15) is 20.8 Å². The lowest BCUT2D eigenvalue weighted by atomic mass is 10.1. The molecule has 0 amide bonds.